The molecule has 0 aliphatic carbocycles. The second kappa shape index (κ2) is 6.42. The highest BCUT2D eigenvalue weighted by molar-refractivity contribution is 9.10. The standard InChI is InChI=1S/C14H10BrCl2NO/c15-12-8-11(17)4-5-13(12)18-14(19)7-9-2-1-3-10(16)6-9/h1-6,8H,7H2,(H,18,19). The number of hydrogen-bond donors (Lipinski definition) is 1. The zero-order valence-electron chi connectivity index (χ0n) is 9.79. The van der Waals surface area contributed by atoms with E-state index in [4.69, 9.17) is 23.2 Å². The number of hydrogen-bond acceptors (Lipinski definition) is 1. The molecule has 0 bridgehead atoms. The largest absolute Gasteiger partial charge is 0.325 e. The molecule has 0 saturated heterocycles. The Labute approximate surface area is 129 Å². The van der Waals surface area contributed by atoms with Gasteiger partial charge in [0, 0.05) is 14.5 Å². The van der Waals surface area contributed by atoms with Crippen molar-refractivity contribution in [1.82, 2.24) is 0 Å². The van der Waals surface area contributed by atoms with Crippen LogP contribution in [0.25, 0.3) is 0 Å². The predicted octanol–water partition coefficient (Wildman–Crippen LogP) is 4.94. The third-order valence-corrected chi connectivity index (χ3v) is 3.59. The summed E-state index contributed by atoms with van der Waals surface area (Å²) in [5.41, 5.74) is 1.56. The van der Waals surface area contributed by atoms with Gasteiger partial charge in [0.25, 0.3) is 0 Å². The Morgan fingerprint density at radius 3 is 2.53 bits per heavy atom. The molecule has 98 valence electrons. The molecule has 0 unspecified atom stereocenters. The van der Waals surface area contributed by atoms with Crippen LogP contribution in [0.3, 0.4) is 0 Å². The fraction of sp³-hybridized carbons (Fsp3) is 0.0714. The maximum absolute atomic E-state index is 11.9. The molecule has 0 aromatic heterocycles. The normalized spacial score (nSPS) is 10.3. The smallest absolute Gasteiger partial charge is 0.228 e. The number of halogens is 3. The van der Waals surface area contributed by atoms with Gasteiger partial charge in [-0.25, -0.2) is 0 Å². The van der Waals surface area contributed by atoms with Crippen LogP contribution in [-0.2, 0) is 11.2 Å². The molecule has 0 aliphatic rings. The molecule has 0 atom stereocenters. The van der Waals surface area contributed by atoms with E-state index in [2.05, 4.69) is 21.2 Å². The van der Waals surface area contributed by atoms with Gasteiger partial charge in [-0.3, -0.25) is 4.79 Å². The lowest BCUT2D eigenvalue weighted by Gasteiger charge is -2.08. The van der Waals surface area contributed by atoms with Crippen molar-refractivity contribution < 1.29 is 4.79 Å². The van der Waals surface area contributed by atoms with E-state index in [0.29, 0.717) is 15.7 Å². The van der Waals surface area contributed by atoms with E-state index >= 15 is 0 Å². The summed E-state index contributed by atoms with van der Waals surface area (Å²) in [4.78, 5) is 11.9. The number of nitrogens with one attached hydrogen (secondary N) is 1. The number of benzene rings is 2. The Hall–Kier alpha value is -1.03. The molecule has 5 heteroatoms. The van der Waals surface area contributed by atoms with Crippen molar-refractivity contribution in [2.75, 3.05) is 5.32 Å². The average molecular weight is 359 g/mol. The van der Waals surface area contributed by atoms with Gasteiger partial charge in [0.05, 0.1) is 12.1 Å². The van der Waals surface area contributed by atoms with Gasteiger partial charge in [0.2, 0.25) is 5.91 Å². The SMILES string of the molecule is O=C(Cc1cccc(Cl)c1)Nc1ccc(Cl)cc1Br. The molecule has 0 fully saturated rings. The third-order valence-electron chi connectivity index (χ3n) is 2.46. The first-order chi connectivity index (χ1) is 9.04. The van der Waals surface area contributed by atoms with Crippen molar-refractivity contribution in [2.45, 2.75) is 6.42 Å². The highest BCUT2D eigenvalue weighted by atomic mass is 79.9. The van der Waals surface area contributed by atoms with Crippen molar-refractivity contribution >= 4 is 50.7 Å². The molecule has 0 aliphatic heterocycles. The van der Waals surface area contributed by atoms with Crippen LogP contribution in [0.15, 0.2) is 46.9 Å². The lowest BCUT2D eigenvalue weighted by molar-refractivity contribution is -0.115. The van der Waals surface area contributed by atoms with Gasteiger partial charge in [0.15, 0.2) is 0 Å². The minimum absolute atomic E-state index is 0.106. The zero-order chi connectivity index (χ0) is 13.8. The molecule has 1 amide bonds. The fourth-order valence-electron chi connectivity index (χ4n) is 1.62. The molecule has 0 radical (unpaired) electrons. The molecule has 1 N–H and O–H groups in total. The first-order valence-corrected chi connectivity index (χ1v) is 7.09. The van der Waals surface area contributed by atoms with Crippen molar-refractivity contribution in [2.24, 2.45) is 0 Å². The first-order valence-electron chi connectivity index (χ1n) is 5.54. The zero-order valence-corrected chi connectivity index (χ0v) is 12.9. The Balaban J connectivity index is 2.05. The minimum Gasteiger partial charge on any atom is -0.325 e. The van der Waals surface area contributed by atoms with Gasteiger partial charge >= 0.3 is 0 Å². The summed E-state index contributed by atoms with van der Waals surface area (Å²) >= 11 is 15.1. The van der Waals surface area contributed by atoms with Crippen molar-refractivity contribution in [3.8, 4) is 0 Å². The number of carbonyl (C=O) groups is 1. The maximum atomic E-state index is 11.9. The monoisotopic (exact) mass is 357 g/mol. The third kappa shape index (κ3) is 4.23. The molecule has 2 rings (SSSR count). The van der Waals surface area contributed by atoms with Crippen LogP contribution in [0.4, 0.5) is 5.69 Å². The number of rotatable bonds is 3. The quantitative estimate of drug-likeness (QED) is 0.827. The van der Waals surface area contributed by atoms with Gasteiger partial charge in [-0.05, 0) is 51.8 Å². The molecule has 2 nitrogen and oxygen atoms in total. The highest BCUT2D eigenvalue weighted by Crippen LogP contribution is 2.26. The van der Waals surface area contributed by atoms with Gasteiger partial charge in [-0.1, -0.05) is 35.3 Å². The topological polar surface area (TPSA) is 29.1 Å². The lowest BCUT2D eigenvalue weighted by Crippen LogP contribution is -2.14. The first kappa shape index (κ1) is 14.4. The Morgan fingerprint density at radius 1 is 1.11 bits per heavy atom. The molecule has 0 heterocycles. The van der Waals surface area contributed by atoms with E-state index in [0.717, 1.165) is 10.0 Å². The van der Waals surface area contributed by atoms with E-state index in [1.165, 1.54) is 0 Å². The van der Waals surface area contributed by atoms with Crippen LogP contribution in [0.5, 0.6) is 0 Å². The molecule has 2 aromatic rings. The van der Waals surface area contributed by atoms with Crippen LogP contribution >= 0.6 is 39.1 Å². The maximum Gasteiger partial charge on any atom is 0.228 e. The van der Waals surface area contributed by atoms with E-state index in [9.17, 15) is 4.79 Å². The van der Waals surface area contributed by atoms with Crippen molar-refractivity contribution in [3.63, 3.8) is 0 Å². The molecule has 19 heavy (non-hydrogen) atoms. The summed E-state index contributed by atoms with van der Waals surface area (Å²) in [6.07, 6.45) is 0.273. The molecule has 0 saturated carbocycles. The second-order valence-corrected chi connectivity index (χ2v) is 5.71. The second-order valence-electron chi connectivity index (χ2n) is 3.98. The van der Waals surface area contributed by atoms with Crippen LogP contribution in [0.2, 0.25) is 10.0 Å². The minimum atomic E-state index is -0.106. The van der Waals surface area contributed by atoms with E-state index in [1.807, 2.05) is 12.1 Å². The van der Waals surface area contributed by atoms with Gasteiger partial charge in [-0.15, -0.1) is 0 Å². The highest BCUT2D eigenvalue weighted by Gasteiger charge is 2.07. The predicted molar refractivity (Wildman–Crippen MR) is 82.9 cm³/mol. The lowest BCUT2D eigenvalue weighted by atomic mass is 10.1. The van der Waals surface area contributed by atoms with Gasteiger partial charge in [0.1, 0.15) is 0 Å². The average Bonchev–Trinajstić information content (AvgIpc) is 2.33. The van der Waals surface area contributed by atoms with Crippen LogP contribution in [-0.4, -0.2) is 5.91 Å². The van der Waals surface area contributed by atoms with Crippen LogP contribution < -0.4 is 5.32 Å². The fourth-order valence-corrected chi connectivity index (χ4v) is 2.61. The van der Waals surface area contributed by atoms with E-state index in [-0.39, 0.29) is 12.3 Å². The Kier molecular flexibility index (Phi) is 4.86. The molecule has 0 spiro atoms. The summed E-state index contributed by atoms with van der Waals surface area (Å²) in [5.74, 6) is -0.106. The Bertz CT molecular complexity index is 616. The van der Waals surface area contributed by atoms with E-state index in [1.54, 1.807) is 30.3 Å². The number of anilines is 1. The van der Waals surface area contributed by atoms with Crippen molar-refractivity contribution in [1.29, 1.82) is 0 Å². The molecule has 2 aromatic carbocycles. The van der Waals surface area contributed by atoms with Crippen LogP contribution in [0, 0.1) is 0 Å². The van der Waals surface area contributed by atoms with Gasteiger partial charge in [-0.2, -0.15) is 0 Å². The van der Waals surface area contributed by atoms with Crippen LogP contribution in [0.1, 0.15) is 5.56 Å². The Morgan fingerprint density at radius 2 is 1.84 bits per heavy atom. The summed E-state index contributed by atoms with van der Waals surface area (Å²) in [5, 5.41) is 4.05. The summed E-state index contributed by atoms with van der Waals surface area (Å²) < 4.78 is 0.749. The van der Waals surface area contributed by atoms with Gasteiger partial charge < -0.3 is 5.32 Å². The molecular formula is C14H10BrCl2NO. The van der Waals surface area contributed by atoms with E-state index < -0.39 is 0 Å². The summed E-state index contributed by atoms with van der Waals surface area (Å²) in [6.45, 7) is 0. The van der Waals surface area contributed by atoms with Crippen molar-refractivity contribution in [3.05, 3.63) is 62.5 Å². The molecular weight excluding hydrogens is 349 g/mol. The summed E-state index contributed by atoms with van der Waals surface area (Å²) in [7, 11) is 0. The number of amides is 1. The summed E-state index contributed by atoms with van der Waals surface area (Å²) in [6, 6.07) is 12.4. The number of carbonyl (C=O) groups excluding carboxylic acids is 1.